The lowest BCUT2D eigenvalue weighted by Gasteiger charge is -2.30. The highest BCUT2D eigenvalue weighted by atomic mass is 32.2. The van der Waals surface area contributed by atoms with Crippen molar-refractivity contribution in [1.82, 2.24) is 0 Å². The van der Waals surface area contributed by atoms with Crippen molar-refractivity contribution in [3.63, 3.8) is 0 Å². The summed E-state index contributed by atoms with van der Waals surface area (Å²) in [5.41, 5.74) is 2.49. The van der Waals surface area contributed by atoms with Crippen LogP contribution < -0.4 is 0 Å². The molecule has 1 N–H and O–H groups in total. The second kappa shape index (κ2) is 8.05. The Kier molecular flexibility index (Phi) is 5.78. The van der Waals surface area contributed by atoms with Crippen molar-refractivity contribution in [1.29, 1.82) is 0 Å². The fraction of sp³-hybridized carbons (Fsp3) is 0.421. The predicted octanol–water partition coefficient (Wildman–Crippen LogP) is 2.32. The molecule has 2 unspecified atom stereocenters. The van der Waals surface area contributed by atoms with Crippen LogP contribution >= 0.6 is 11.8 Å². The van der Waals surface area contributed by atoms with Crippen molar-refractivity contribution in [2.45, 2.75) is 24.7 Å². The van der Waals surface area contributed by atoms with Crippen LogP contribution in [-0.4, -0.2) is 48.3 Å². The van der Waals surface area contributed by atoms with Gasteiger partial charge in [-0.1, -0.05) is 18.2 Å². The Morgan fingerprint density at radius 1 is 1.42 bits per heavy atom. The van der Waals surface area contributed by atoms with Gasteiger partial charge in [-0.2, -0.15) is 0 Å². The molecular weight excluding hydrogens is 354 g/mol. The maximum absolute atomic E-state index is 12.7. The van der Waals surface area contributed by atoms with Gasteiger partial charge in [-0.15, -0.1) is 11.8 Å². The number of thioether (sulfide) groups is 1. The molecule has 0 spiro atoms. The van der Waals surface area contributed by atoms with Crippen LogP contribution in [0, 0.1) is 5.92 Å². The number of hydrogen-bond donors (Lipinski definition) is 1. The fourth-order valence-electron chi connectivity index (χ4n) is 3.39. The number of aliphatic hydroxyl groups is 1. The maximum atomic E-state index is 12.7. The SMILES string of the molecule is CCOC(=O)C1C(C)=NC2=C(C(=O)OC2)C1c1ccccc1SCCO. The van der Waals surface area contributed by atoms with Crippen molar-refractivity contribution in [2.24, 2.45) is 10.9 Å². The molecule has 2 aliphatic heterocycles. The minimum atomic E-state index is -0.671. The lowest BCUT2D eigenvalue weighted by Crippen LogP contribution is -2.35. The normalized spacial score (nSPS) is 22.0. The molecule has 1 aromatic rings. The maximum Gasteiger partial charge on any atom is 0.337 e. The largest absolute Gasteiger partial charge is 0.465 e. The first kappa shape index (κ1) is 18.7. The van der Waals surface area contributed by atoms with E-state index in [2.05, 4.69) is 4.99 Å². The summed E-state index contributed by atoms with van der Waals surface area (Å²) in [5, 5.41) is 9.18. The number of carbonyl (C=O) groups excluding carboxylic acids is 2. The second-order valence-electron chi connectivity index (χ2n) is 6.01. The fourth-order valence-corrected chi connectivity index (χ4v) is 4.24. The van der Waals surface area contributed by atoms with E-state index in [1.54, 1.807) is 13.8 Å². The van der Waals surface area contributed by atoms with E-state index < -0.39 is 23.8 Å². The standard InChI is InChI=1S/C19H21NO5S/c1-3-24-18(22)15-11(2)20-13-10-25-19(23)17(13)16(15)12-6-4-5-7-14(12)26-9-8-21/h4-7,15-16,21H,3,8-10H2,1-2H3. The first-order chi connectivity index (χ1) is 12.6. The van der Waals surface area contributed by atoms with Crippen LogP contribution in [0.15, 0.2) is 45.4 Å². The molecule has 0 saturated carbocycles. The van der Waals surface area contributed by atoms with E-state index in [0.29, 0.717) is 22.7 Å². The van der Waals surface area contributed by atoms with Gasteiger partial charge in [-0.3, -0.25) is 9.79 Å². The van der Waals surface area contributed by atoms with E-state index in [-0.39, 0.29) is 19.8 Å². The summed E-state index contributed by atoms with van der Waals surface area (Å²) >= 11 is 1.49. The minimum absolute atomic E-state index is 0.0431. The number of hydrogen-bond acceptors (Lipinski definition) is 7. The number of nitrogens with zero attached hydrogens (tertiary/aromatic N) is 1. The molecule has 1 aromatic carbocycles. The van der Waals surface area contributed by atoms with E-state index >= 15 is 0 Å². The molecule has 0 fully saturated rings. The summed E-state index contributed by atoms with van der Waals surface area (Å²) < 4.78 is 10.5. The van der Waals surface area contributed by atoms with Gasteiger partial charge in [0, 0.05) is 22.3 Å². The number of carbonyl (C=O) groups is 2. The van der Waals surface area contributed by atoms with Gasteiger partial charge in [0.05, 0.1) is 24.5 Å². The molecular formula is C19H21NO5S. The van der Waals surface area contributed by atoms with Crippen LogP contribution in [0.3, 0.4) is 0 Å². The zero-order valence-corrected chi connectivity index (χ0v) is 15.5. The van der Waals surface area contributed by atoms with Gasteiger partial charge in [-0.05, 0) is 25.5 Å². The van der Waals surface area contributed by atoms with Crippen molar-refractivity contribution in [3.05, 3.63) is 41.1 Å². The molecule has 3 rings (SSSR count). The lowest BCUT2D eigenvalue weighted by atomic mass is 9.76. The molecule has 0 amide bonds. The smallest absolute Gasteiger partial charge is 0.337 e. The minimum Gasteiger partial charge on any atom is -0.465 e. The summed E-state index contributed by atoms with van der Waals surface area (Å²) in [7, 11) is 0. The molecule has 0 aromatic heterocycles. The van der Waals surface area contributed by atoms with Crippen LogP contribution in [0.2, 0.25) is 0 Å². The van der Waals surface area contributed by atoms with Gasteiger partial charge in [0.2, 0.25) is 0 Å². The van der Waals surface area contributed by atoms with E-state index in [9.17, 15) is 14.7 Å². The molecule has 7 heteroatoms. The molecule has 0 saturated heterocycles. The average molecular weight is 375 g/mol. The monoisotopic (exact) mass is 375 g/mol. The highest BCUT2D eigenvalue weighted by molar-refractivity contribution is 7.99. The predicted molar refractivity (Wildman–Crippen MR) is 98.2 cm³/mol. The lowest BCUT2D eigenvalue weighted by molar-refractivity contribution is -0.146. The van der Waals surface area contributed by atoms with Crippen LogP contribution in [-0.2, 0) is 19.1 Å². The number of esters is 2. The first-order valence-corrected chi connectivity index (χ1v) is 9.51. The van der Waals surface area contributed by atoms with E-state index in [1.165, 1.54) is 11.8 Å². The Bertz CT molecular complexity index is 786. The third-order valence-electron chi connectivity index (χ3n) is 4.42. The third-order valence-corrected chi connectivity index (χ3v) is 5.49. The molecule has 2 atom stereocenters. The average Bonchev–Trinajstić information content (AvgIpc) is 2.99. The van der Waals surface area contributed by atoms with E-state index in [4.69, 9.17) is 9.47 Å². The summed E-state index contributed by atoms with van der Waals surface area (Å²) in [4.78, 5) is 30.5. The first-order valence-electron chi connectivity index (χ1n) is 8.53. The van der Waals surface area contributed by atoms with Crippen LogP contribution in [0.1, 0.15) is 25.3 Å². The number of ether oxygens (including phenoxy) is 2. The van der Waals surface area contributed by atoms with Crippen molar-refractivity contribution in [2.75, 3.05) is 25.6 Å². The molecule has 6 nitrogen and oxygen atoms in total. The van der Waals surface area contributed by atoms with Crippen LogP contribution in [0.4, 0.5) is 0 Å². The van der Waals surface area contributed by atoms with E-state index in [0.717, 1.165) is 10.5 Å². The third kappa shape index (κ3) is 3.41. The van der Waals surface area contributed by atoms with Gasteiger partial charge in [-0.25, -0.2) is 4.79 Å². The van der Waals surface area contributed by atoms with Crippen molar-refractivity contribution in [3.8, 4) is 0 Å². The van der Waals surface area contributed by atoms with Crippen LogP contribution in [0.25, 0.3) is 0 Å². The summed E-state index contributed by atoms with van der Waals surface area (Å²) in [5.74, 6) is -1.48. The van der Waals surface area contributed by atoms with Gasteiger partial charge >= 0.3 is 11.9 Å². The van der Waals surface area contributed by atoms with Gasteiger partial charge in [0.1, 0.15) is 12.5 Å². The highest BCUT2D eigenvalue weighted by Crippen LogP contribution is 2.45. The topological polar surface area (TPSA) is 85.2 Å². The van der Waals surface area contributed by atoms with Crippen LogP contribution in [0.5, 0.6) is 0 Å². The summed E-state index contributed by atoms with van der Waals surface area (Å²) in [6.45, 7) is 3.96. The van der Waals surface area contributed by atoms with Crippen molar-refractivity contribution < 1.29 is 24.2 Å². The molecule has 138 valence electrons. The Balaban J connectivity index is 2.12. The van der Waals surface area contributed by atoms with Gasteiger partial charge in [0.25, 0.3) is 0 Å². The Morgan fingerprint density at radius 2 is 2.19 bits per heavy atom. The number of rotatable bonds is 6. The quantitative estimate of drug-likeness (QED) is 0.607. The summed E-state index contributed by atoms with van der Waals surface area (Å²) in [6, 6.07) is 7.61. The number of aliphatic imine (C=N–C) groups is 1. The Hall–Kier alpha value is -2.12. The van der Waals surface area contributed by atoms with Gasteiger partial charge < -0.3 is 14.6 Å². The Morgan fingerprint density at radius 3 is 2.92 bits per heavy atom. The number of aliphatic hydroxyl groups excluding tert-OH is 1. The molecule has 0 aliphatic carbocycles. The molecule has 0 bridgehead atoms. The highest BCUT2D eigenvalue weighted by Gasteiger charge is 2.46. The second-order valence-corrected chi connectivity index (χ2v) is 7.14. The molecule has 2 heterocycles. The summed E-state index contributed by atoms with van der Waals surface area (Å²) in [6.07, 6.45) is 0. The van der Waals surface area contributed by atoms with Crippen molar-refractivity contribution >= 4 is 29.4 Å². The molecule has 0 radical (unpaired) electrons. The number of cyclic esters (lactones) is 1. The Labute approximate surface area is 156 Å². The van der Waals surface area contributed by atoms with Gasteiger partial charge in [0.15, 0.2) is 0 Å². The zero-order chi connectivity index (χ0) is 18.7. The molecule has 2 aliphatic rings. The number of benzene rings is 1. The zero-order valence-electron chi connectivity index (χ0n) is 14.7. The molecule has 26 heavy (non-hydrogen) atoms. The van der Waals surface area contributed by atoms with E-state index in [1.807, 2.05) is 24.3 Å².